The second-order valence-electron chi connectivity index (χ2n) is 8.14. The first-order valence-electron chi connectivity index (χ1n) is 11.3. The van der Waals surface area contributed by atoms with Crippen LogP contribution in [0.1, 0.15) is 58.9 Å². The van der Waals surface area contributed by atoms with Crippen LogP contribution in [-0.4, -0.2) is 38.1 Å². The topological polar surface area (TPSA) is 90.7 Å². The summed E-state index contributed by atoms with van der Waals surface area (Å²) >= 11 is 6.55. The van der Waals surface area contributed by atoms with Crippen molar-refractivity contribution in [3.05, 3.63) is 57.4 Å². The van der Waals surface area contributed by atoms with E-state index in [-0.39, 0.29) is 19.0 Å². The van der Waals surface area contributed by atoms with E-state index < -0.39 is 17.3 Å². The lowest BCUT2D eigenvalue weighted by Gasteiger charge is -2.40. The van der Waals surface area contributed by atoms with Gasteiger partial charge < -0.3 is 20.5 Å². The van der Waals surface area contributed by atoms with Crippen LogP contribution in [0, 0.1) is 5.41 Å². The molecule has 0 aromatic heterocycles. The maximum atomic E-state index is 13.5. The average Bonchev–Trinajstić information content (AvgIpc) is 2.78. The van der Waals surface area contributed by atoms with E-state index in [0.29, 0.717) is 47.0 Å². The van der Waals surface area contributed by atoms with E-state index in [4.69, 9.17) is 26.8 Å². The Kier molecular flexibility index (Phi) is 9.49. The minimum Gasteiger partial charge on any atom is -0.463 e. The standard InChI is InChI=1S/C23H29ClN2O4.C2H6/c1-4-30-22(28)20-17(13-29-12-11-25)26-16-9-10-23(2,3)21(27)19(16)18(20)14-7-5-6-8-15(14)24;1-2/h5-8,18,26H,4,9-13,25H2,1-3H3;1-2H3. The van der Waals surface area contributed by atoms with Gasteiger partial charge in [-0.25, -0.2) is 4.79 Å². The first-order valence-corrected chi connectivity index (χ1v) is 11.7. The van der Waals surface area contributed by atoms with Gasteiger partial charge in [0.05, 0.1) is 31.1 Å². The normalized spacial score (nSPS) is 19.6. The lowest BCUT2D eigenvalue weighted by atomic mass is 9.67. The van der Waals surface area contributed by atoms with Crippen molar-refractivity contribution in [1.82, 2.24) is 5.32 Å². The Bertz CT molecular complexity index is 905. The van der Waals surface area contributed by atoms with E-state index in [1.54, 1.807) is 13.0 Å². The highest BCUT2D eigenvalue weighted by Gasteiger charge is 2.46. The summed E-state index contributed by atoms with van der Waals surface area (Å²) < 4.78 is 11.0. The van der Waals surface area contributed by atoms with E-state index in [1.165, 1.54) is 0 Å². The van der Waals surface area contributed by atoms with Gasteiger partial charge in [0.1, 0.15) is 0 Å². The number of ether oxygens (including phenoxy) is 2. The van der Waals surface area contributed by atoms with Crippen LogP contribution in [0.2, 0.25) is 5.02 Å². The summed E-state index contributed by atoms with van der Waals surface area (Å²) in [5.41, 5.74) is 8.11. The van der Waals surface area contributed by atoms with Gasteiger partial charge in [-0.1, -0.05) is 57.5 Å². The summed E-state index contributed by atoms with van der Waals surface area (Å²) in [5.74, 6) is -1.08. The van der Waals surface area contributed by atoms with Gasteiger partial charge in [-0.05, 0) is 31.4 Å². The summed E-state index contributed by atoms with van der Waals surface area (Å²) in [6.45, 7) is 10.8. The largest absolute Gasteiger partial charge is 0.463 e. The van der Waals surface area contributed by atoms with Gasteiger partial charge in [0.15, 0.2) is 5.78 Å². The molecule has 1 heterocycles. The Morgan fingerprint density at radius 2 is 1.97 bits per heavy atom. The van der Waals surface area contributed by atoms with Crippen molar-refractivity contribution in [3.63, 3.8) is 0 Å². The number of hydrogen-bond acceptors (Lipinski definition) is 6. The molecule has 0 radical (unpaired) electrons. The second kappa shape index (κ2) is 11.6. The fourth-order valence-electron chi connectivity index (χ4n) is 4.03. The number of halogens is 1. The summed E-state index contributed by atoms with van der Waals surface area (Å²) in [7, 11) is 0. The number of hydrogen-bond donors (Lipinski definition) is 2. The number of ketones is 1. The van der Waals surface area contributed by atoms with Crippen LogP contribution in [0.4, 0.5) is 0 Å². The van der Waals surface area contributed by atoms with Crippen molar-refractivity contribution >= 4 is 23.4 Å². The summed E-state index contributed by atoms with van der Waals surface area (Å²) in [4.78, 5) is 26.6. The maximum Gasteiger partial charge on any atom is 0.336 e. The molecule has 176 valence electrons. The van der Waals surface area contributed by atoms with Crippen molar-refractivity contribution in [2.75, 3.05) is 26.4 Å². The third-order valence-electron chi connectivity index (χ3n) is 5.61. The number of rotatable bonds is 7. The first-order chi connectivity index (χ1) is 15.3. The zero-order valence-electron chi connectivity index (χ0n) is 19.7. The molecule has 0 saturated heterocycles. The van der Waals surface area contributed by atoms with E-state index in [1.807, 2.05) is 45.9 Å². The van der Waals surface area contributed by atoms with E-state index in [9.17, 15) is 9.59 Å². The van der Waals surface area contributed by atoms with Gasteiger partial charge in [-0.15, -0.1) is 0 Å². The number of nitrogens with two attached hydrogens (primary N) is 1. The molecule has 1 aliphatic heterocycles. The second-order valence-corrected chi connectivity index (χ2v) is 8.55. The molecule has 3 rings (SSSR count). The van der Waals surface area contributed by atoms with Gasteiger partial charge in [0, 0.05) is 34.2 Å². The number of allylic oxidation sites excluding steroid dienone is 2. The highest BCUT2D eigenvalue weighted by Crippen LogP contribution is 2.48. The van der Waals surface area contributed by atoms with E-state index in [2.05, 4.69) is 5.32 Å². The van der Waals surface area contributed by atoms with Crippen LogP contribution < -0.4 is 11.1 Å². The number of Topliss-reactive ketones (excluding diaryl/α,β-unsaturated/α-hetero) is 1. The summed E-state index contributed by atoms with van der Waals surface area (Å²) in [6, 6.07) is 7.31. The molecule has 1 unspecified atom stereocenters. The number of carbonyl (C=O) groups excluding carboxylic acids is 2. The van der Waals surface area contributed by atoms with Gasteiger partial charge in [-0.3, -0.25) is 4.79 Å². The minimum atomic E-state index is -0.613. The SMILES string of the molecule is CC.CCOC(=O)C1=C(COCCN)NC2=C(C(=O)C(C)(C)CC2)C1c1ccccc1Cl. The smallest absolute Gasteiger partial charge is 0.336 e. The van der Waals surface area contributed by atoms with Gasteiger partial charge >= 0.3 is 5.97 Å². The number of esters is 1. The van der Waals surface area contributed by atoms with Crippen molar-refractivity contribution in [1.29, 1.82) is 0 Å². The fourth-order valence-corrected chi connectivity index (χ4v) is 4.28. The van der Waals surface area contributed by atoms with Crippen LogP contribution >= 0.6 is 11.6 Å². The van der Waals surface area contributed by atoms with Crippen LogP contribution in [0.5, 0.6) is 0 Å². The van der Waals surface area contributed by atoms with Crippen LogP contribution in [0.25, 0.3) is 0 Å². The molecule has 2 aliphatic rings. The summed E-state index contributed by atoms with van der Waals surface area (Å²) in [6.07, 6.45) is 1.42. The molecule has 1 atom stereocenters. The van der Waals surface area contributed by atoms with E-state index in [0.717, 1.165) is 12.1 Å². The third-order valence-corrected chi connectivity index (χ3v) is 5.95. The highest BCUT2D eigenvalue weighted by molar-refractivity contribution is 6.31. The highest BCUT2D eigenvalue weighted by atomic mass is 35.5. The number of carbonyl (C=O) groups is 2. The number of nitrogens with one attached hydrogen (secondary N) is 1. The Hall–Kier alpha value is -2.15. The molecule has 0 spiro atoms. The van der Waals surface area contributed by atoms with Gasteiger partial charge in [-0.2, -0.15) is 0 Å². The molecular weight excluding hydrogens is 428 g/mol. The molecule has 1 aliphatic carbocycles. The number of benzene rings is 1. The van der Waals surface area contributed by atoms with Crippen molar-refractivity contribution in [3.8, 4) is 0 Å². The molecule has 32 heavy (non-hydrogen) atoms. The molecular formula is C25H35ClN2O4. The Morgan fingerprint density at radius 3 is 2.59 bits per heavy atom. The summed E-state index contributed by atoms with van der Waals surface area (Å²) in [5, 5.41) is 3.82. The molecule has 0 saturated carbocycles. The molecule has 3 N–H and O–H groups in total. The minimum absolute atomic E-state index is 0.0184. The maximum absolute atomic E-state index is 13.5. The lowest BCUT2D eigenvalue weighted by Crippen LogP contribution is -2.42. The molecule has 0 amide bonds. The molecule has 0 bridgehead atoms. The molecule has 1 aromatic rings. The first kappa shape index (κ1) is 26.1. The van der Waals surface area contributed by atoms with Gasteiger partial charge in [0.25, 0.3) is 0 Å². The Labute approximate surface area is 196 Å². The van der Waals surface area contributed by atoms with Crippen LogP contribution in [0.15, 0.2) is 46.8 Å². The molecule has 0 fully saturated rings. The van der Waals surface area contributed by atoms with Crippen molar-refractivity contribution in [2.24, 2.45) is 11.1 Å². The van der Waals surface area contributed by atoms with Gasteiger partial charge in [0.2, 0.25) is 0 Å². The zero-order chi connectivity index (χ0) is 23.9. The fraction of sp³-hybridized carbons (Fsp3) is 0.520. The molecule has 6 nitrogen and oxygen atoms in total. The monoisotopic (exact) mass is 462 g/mol. The Morgan fingerprint density at radius 1 is 1.28 bits per heavy atom. The quantitative estimate of drug-likeness (QED) is 0.458. The molecule has 7 heteroatoms. The molecule has 1 aromatic carbocycles. The Balaban J connectivity index is 0.00000176. The van der Waals surface area contributed by atoms with Crippen molar-refractivity contribution in [2.45, 2.75) is 53.4 Å². The van der Waals surface area contributed by atoms with Crippen LogP contribution in [0.3, 0.4) is 0 Å². The van der Waals surface area contributed by atoms with Crippen molar-refractivity contribution < 1.29 is 19.1 Å². The van der Waals surface area contributed by atoms with Crippen LogP contribution in [-0.2, 0) is 19.1 Å². The predicted octanol–water partition coefficient (Wildman–Crippen LogP) is 4.49. The number of dihydropyridines is 1. The van der Waals surface area contributed by atoms with E-state index >= 15 is 0 Å². The average molecular weight is 463 g/mol. The zero-order valence-corrected chi connectivity index (χ0v) is 20.5. The predicted molar refractivity (Wildman–Crippen MR) is 127 cm³/mol. The lowest BCUT2D eigenvalue weighted by molar-refractivity contribution is -0.139. The third kappa shape index (κ3) is 5.42.